The van der Waals surface area contributed by atoms with Crippen LogP contribution in [0.25, 0.3) is 0 Å². The maximum absolute atomic E-state index is 11.2. The van der Waals surface area contributed by atoms with E-state index in [0.717, 1.165) is 5.56 Å². The molecule has 0 saturated heterocycles. The zero-order valence-corrected chi connectivity index (χ0v) is 9.51. The second-order valence-corrected chi connectivity index (χ2v) is 3.35. The third-order valence-corrected chi connectivity index (χ3v) is 2.25. The predicted octanol–water partition coefficient (Wildman–Crippen LogP) is 0.620. The van der Waals surface area contributed by atoms with Gasteiger partial charge >= 0.3 is 5.97 Å². The summed E-state index contributed by atoms with van der Waals surface area (Å²) in [6, 6.07) is 8.16. The molecular formula is C12H14N2O3. The van der Waals surface area contributed by atoms with Gasteiger partial charge in [0.05, 0.1) is 25.3 Å². The molecule has 5 heteroatoms. The summed E-state index contributed by atoms with van der Waals surface area (Å²) in [7, 11) is 1.32. The van der Waals surface area contributed by atoms with Gasteiger partial charge in [-0.2, -0.15) is 5.26 Å². The zero-order chi connectivity index (χ0) is 12.7. The Morgan fingerprint density at radius 2 is 2.18 bits per heavy atom. The highest BCUT2D eigenvalue weighted by atomic mass is 16.5. The van der Waals surface area contributed by atoms with Gasteiger partial charge < -0.3 is 9.84 Å². The first-order valence-electron chi connectivity index (χ1n) is 5.15. The Labute approximate surface area is 99.6 Å². The molecule has 0 aliphatic carbocycles. The number of hydrogen-bond donors (Lipinski definition) is 2. The number of nitriles is 1. The standard InChI is InChI=1S/C12H14N2O3/c1-17-12(16)10-4-2-9(3-5-10)11(8-13)14-6-7-15/h2-5,11,14-15H,6-7H2,1H3. The van der Waals surface area contributed by atoms with E-state index in [2.05, 4.69) is 16.1 Å². The van der Waals surface area contributed by atoms with Gasteiger partial charge in [0.15, 0.2) is 0 Å². The van der Waals surface area contributed by atoms with Crippen LogP contribution in [-0.2, 0) is 4.74 Å². The molecule has 2 N–H and O–H groups in total. The number of hydrogen-bond acceptors (Lipinski definition) is 5. The Kier molecular flexibility index (Phi) is 5.14. The smallest absolute Gasteiger partial charge is 0.337 e. The quantitative estimate of drug-likeness (QED) is 0.730. The van der Waals surface area contributed by atoms with Gasteiger partial charge in [0, 0.05) is 6.54 Å². The molecule has 0 spiro atoms. The second-order valence-electron chi connectivity index (χ2n) is 3.35. The van der Waals surface area contributed by atoms with Crippen LogP contribution in [0.3, 0.4) is 0 Å². The van der Waals surface area contributed by atoms with Crippen LogP contribution in [-0.4, -0.2) is 31.3 Å². The molecule has 1 rings (SSSR count). The molecule has 0 radical (unpaired) electrons. The number of carbonyl (C=O) groups is 1. The van der Waals surface area contributed by atoms with Crippen LogP contribution in [0, 0.1) is 11.3 Å². The summed E-state index contributed by atoms with van der Waals surface area (Å²) in [5.41, 5.74) is 1.18. The molecule has 1 unspecified atom stereocenters. The highest BCUT2D eigenvalue weighted by molar-refractivity contribution is 5.89. The maximum Gasteiger partial charge on any atom is 0.337 e. The molecule has 0 fully saturated rings. The van der Waals surface area contributed by atoms with E-state index < -0.39 is 12.0 Å². The van der Waals surface area contributed by atoms with Gasteiger partial charge in [-0.15, -0.1) is 0 Å². The van der Waals surface area contributed by atoms with Gasteiger partial charge in [0.2, 0.25) is 0 Å². The molecule has 1 aromatic rings. The summed E-state index contributed by atoms with van der Waals surface area (Å²) in [6.07, 6.45) is 0. The lowest BCUT2D eigenvalue weighted by molar-refractivity contribution is 0.0600. The maximum atomic E-state index is 11.2. The number of rotatable bonds is 5. The Hall–Kier alpha value is -1.90. The topological polar surface area (TPSA) is 82.4 Å². The van der Waals surface area contributed by atoms with E-state index in [1.165, 1.54) is 7.11 Å². The van der Waals surface area contributed by atoms with Crippen molar-refractivity contribution in [2.45, 2.75) is 6.04 Å². The largest absolute Gasteiger partial charge is 0.465 e. The summed E-state index contributed by atoms with van der Waals surface area (Å²) >= 11 is 0. The van der Waals surface area contributed by atoms with Crippen LogP contribution < -0.4 is 5.32 Å². The molecule has 1 aromatic carbocycles. The first kappa shape index (κ1) is 13.2. The number of ether oxygens (including phenoxy) is 1. The molecule has 90 valence electrons. The minimum Gasteiger partial charge on any atom is -0.465 e. The summed E-state index contributed by atoms with van der Waals surface area (Å²) in [5, 5.41) is 20.5. The molecule has 0 aromatic heterocycles. The minimum absolute atomic E-state index is 0.0293. The van der Waals surface area contributed by atoms with Crippen molar-refractivity contribution < 1.29 is 14.6 Å². The summed E-state index contributed by atoms with van der Waals surface area (Å²) in [4.78, 5) is 11.2. The lowest BCUT2D eigenvalue weighted by Crippen LogP contribution is -2.23. The van der Waals surface area contributed by atoms with Crippen molar-refractivity contribution in [3.05, 3.63) is 35.4 Å². The van der Waals surface area contributed by atoms with E-state index >= 15 is 0 Å². The number of nitrogens with one attached hydrogen (secondary N) is 1. The highest BCUT2D eigenvalue weighted by Gasteiger charge is 2.10. The fraction of sp³-hybridized carbons (Fsp3) is 0.333. The predicted molar refractivity (Wildman–Crippen MR) is 61.2 cm³/mol. The van der Waals surface area contributed by atoms with E-state index in [9.17, 15) is 4.79 Å². The van der Waals surface area contributed by atoms with Crippen LogP contribution in [0.2, 0.25) is 0 Å². The molecule has 0 saturated carbocycles. The molecule has 5 nitrogen and oxygen atoms in total. The van der Waals surface area contributed by atoms with Crippen LogP contribution >= 0.6 is 0 Å². The van der Waals surface area contributed by atoms with Crippen LogP contribution in [0.1, 0.15) is 22.0 Å². The SMILES string of the molecule is COC(=O)c1ccc(C(C#N)NCCO)cc1. The lowest BCUT2D eigenvalue weighted by atomic mass is 10.1. The fourth-order valence-electron chi connectivity index (χ4n) is 1.38. The zero-order valence-electron chi connectivity index (χ0n) is 9.51. The highest BCUT2D eigenvalue weighted by Crippen LogP contribution is 2.13. The van der Waals surface area contributed by atoms with Gasteiger partial charge in [-0.25, -0.2) is 4.79 Å². The van der Waals surface area contributed by atoms with E-state index in [4.69, 9.17) is 10.4 Å². The number of methoxy groups -OCH3 is 1. The van der Waals surface area contributed by atoms with Crippen LogP contribution in [0.5, 0.6) is 0 Å². The Morgan fingerprint density at radius 3 is 2.65 bits per heavy atom. The van der Waals surface area contributed by atoms with Crippen molar-refractivity contribution in [1.82, 2.24) is 5.32 Å². The molecule has 0 aliphatic rings. The second kappa shape index (κ2) is 6.63. The number of carbonyl (C=O) groups excluding carboxylic acids is 1. The summed E-state index contributed by atoms with van der Waals surface area (Å²) in [5.74, 6) is -0.409. The Bertz CT molecular complexity index is 409. The van der Waals surface area contributed by atoms with Gasteiger partial charge in [-0.1, -0.05) is 12.1 Å². The van der Waals surface area contributed by atoms with Gasteiger partial charge in [0.25, 0.3) is 0 Å². The first-order valence-corrected chi connectivity index (χ1v) is 5.15. The van der Waals surface area contributed by atoms with Crippen LogP contribution in [0.15, 0.2) is 24.3 Å². The number of benzene rings is 1. The molecule has 0 amide bonds. The van der Waals surface area contributed by atoms with E-state index in [1.807, 2.05) is 0 Å². The summed E-state index contributed by atoms with van der Waals surface area (Å²) < 4.78 is 4.58. The number of nitrogens with zero attached hydrogens (tertiary/aromatic N) is 1. The molecule has 0 heterocycles. The first-order chi connectivity index (χ1) is 8.22. The monoisotopic (exact) mass is 234 g/mol. The molecular weight excluding hydrogens is 220 g/mol. The van der Waals surface area contributed by atoms with E-state index in [1.54, 1.807) is 24.3 Å². The average Bonchev–Trinajstić information content (AvgIpc) is 2.39. The van der Waals surface area contributed by atoms with Crippen LogP contribution in [0.4, 0.5) is 0 Å². The van der Waals surface area contributed by atoms with Gasteiger partial charge in [-0.05, 0) is 17.7 Å². The normalized spacial score (nSPS) is 11.6. The lowest BCUT2D eigenvalue weighted by Gasteiger charge is -2.10. The van der Waals surface area contributed by atoms with Crippen molar-refractivity contribution in [3.8, 4) is 6.07 Å². The van der Waals surface area contributed by atoms with Crippen molar-refractivity contribution >= 4 is 5.97 Å². The Balaban J connectivity index is 2.78. The van der Waals surface area contributed by atoms with Gasteiger partial charge in [0.1, 0.15) is 6.04 Å². The Morgan fingerprint density at radius 1 is 1.53 bits per heavy atom. The van der Waals surface area contributed by atoms with Crippen molar-refractivity contribution in [1.29, 1.82) is 5.26 Å². The van der Waals surface area contributed by atoms with Crippen molar-refractivity contribution in [2.24, 2.45) is 0 Å². The van der Waals surface area contributed by atoms with Crippen molar-refractivity contribution in [3.63, 3.8) is 0 Å². The van der Waals surface area contributed by atoms with Crippen molar-refractivity contribution in [2.75, 3.05) is 20.3 Å². The molecule has 0 aliphatic heterocycles. The third-order valence-electron chi connectivity index (χ3n) is 2.25. The van der Waals surface area contributed by atoms with E-state index in [-0.39, 0.29) is 6.61 Å². The fourth-order valence-corrected chi connectivity index (χ4v) is 1.38. The molecule has 1 atom stereocenters. The number of aliphatic hydroxyl groups is 1. The number of aliphatic hydroxyl groups excluding tert-OH is 1. The number of esters is 1. The third kappa shape index (κ3) is 3.55. The molecule has 17 heavy (non-hydrogen) atoms. The average molecular weight is 234 g/mol. The minimum atomic E-state index is -0.492. The van der Waals surface area contributed by atoms with Gasteiger partial charge in [-0.3, -0.25) is 5.32 Å². The molecule has 0 bridgehead atoms. The van der Waals surface area contributed by atoms with E-state index in [0.29, 0.717) is 12.1 Å². The summed E-state index contributed by atoms with van der Waals surface area (Å²) in [6.45, 7) is 0.315.